The van der Waals surface area contributed by atoms with Gasteiger partial charge in [-0.05, 0) is 44.0 Å². The summed E-state index contributed by atoms with van der Waals surface area (Å²) in [6, 6.07) is 2.83. The lowest BCUT2D eigenvalue weighted by Gasteiger charge is -2.35. The molecule has 8 nitrogen and oxygen atoms in total. The number of nitrogens with zero attached hydrogens (tertiary/aromatic N) is 2. The fourth-order valence-electron chi connectivity index (χ4n) is 4.19. The SMILES string of the molecule is [2H]C([2H])(Nc1cccc2c1C([2H])([2H])N(C1([2H])C(=O)NC(=O)C([2H])([2H])C1([2H])[2H])C2=O)c1ccc(C([2H])([2H])N2CC(C)OC(C)C2)cc1F. The first kappa shape index (κ1) is 14.4. The Hall–Kier alpha value is -3.30. The van der Waals surface area contributed by atoms with Crippen molar-refractivity contribution in [1.82, 2.24) is 15.1 Å². The Kier molecular flexibility index (Phi) is 4.01. The minimum atomic E-state index is -3.76. The highest BCUT2D eigenvalue weighted by Gasteiger charge is 2.39. The van der Waals surface area contributed by atoms with Crippen LogP contribution >= 0.6 is 0 Å². The number of morpholine rings is 1. The zero-order valence-corrected chi connectivity index (χ0v) is 19.4. The molecule has 3 atom stereocenters. The number of amides is 3. The molecule has 36 heavy (non-hydrogen) atoms. The predicted octanol–water partition coefficient (Wildman–Crippen LogP) is 2.81. The van der Waals surface area contributed by atoms with Crippen molar-refractivity contribution in [1.29, 1.82) is 0 Å². The van der Waals surface area contributed by atoms with E-state index in [-0.39, 0.29) is 35.8 Å². The fraction of sp³-hybridized carbons (Fsp3) is 0.444. The highest BCUT2D eigenvalue weighted by atomic mass is 19.1. The first-order valence-electron chi connectivity index (χ1n) is 16.8. The van der Waals surface area contributed by atoms with Crippen molar-refractivity contribution in [3.63, 3.8) is 0 Å². The van der Waals surface area contributed by atoms with E-state index in [0.29, 0.717) is 0 Å². The van der Waals surface area contributed by atoms with E-state index >= 15 is 4.39 Å². The zero-order valence-electron chi connectivity index (χ0n) is 30.4. The van der Waals surface area contributed by atoms with Crippen LogP contribution < -0.4 is 10.6 Å². The molecule has 0 spiro atoms. The van der Waals surface area contributed by atoms with Crippen LogP contribution in [0.5, 0.6) is 0 Å². The van der Waals surface area contributed by atoms with Gasteiger partial charge in [0, 0.05) is 69.6 Å². The molecule has 2 aromatic rings. The maximum Gasteiger partial charge on any atom is 0.255 e. The first-order chi connectivity index (χ1) is 21.4. The van der Waals surface area contributed by atoms with E-state index in [4.69, 9.17) is 19.8 Å². The second kappa shape index (κ2) is 9.99. The van der Waals surface area contributed by atoms with E-state index in [1.54, 1.807) is 13.8 Å². The molecule has 0 saturated carbocycles. The van der Waals surface area contributed by atoms with E-state index in [1.165, 1.54) is 22.3 Å². The second-order valence-electron chi connectivity index (χ2n) is 8.58. The van der Waals surface area contributed by atoms with E-state index in [1.807, 2.05) is 0 Å². The van der Waals surface area contributed by atoms with Gasteiger partial charge in [0.15, 0.2) is 0 Å². The smallest absolute Gasteiger partial charge is 0.255 e. The normalized spacial score (nSPS) is 36.1. The number of piperidine rings is 1. The summed E-state index contributed by atoms with van der Waals surface area (Å²) in [5.74, 6) is -6.07. The molecule has 3 aliphatic rings. The number of hydrogen-bond donors (Lipinski definition) is 2. The van der Waals surface area contributed by atoms with Crippen molar-refractivity contribution in [3.05, 3.63) is 64.5 Å². The number of nitrogens with one attached hydrogen (secondary N) is 2. The monoisotopic (exact) mass is 505 g/mol. The molecule has 2 saturated heterocycles. The van der Waals surface area contributed by atoms with Gasteiger partial charge in [0.25, 0.3) is 5.91 Å². The quantitative estimate of drug-likeness (QED) is 0.587. The summed E-state index contributed by atoms with van der Waals surface area (Å²) in [4.78, 5) is 40.0. The number of carbonyl (C=O) groups is 3. The molecule has 3 amide bonds. The molecule has 3 unspecified atom stereocenters. The predicted molar refractivity (Wildman–Crippen MR) is 131 cm³/mol. The van der Waals surface area contributed by atoms with Gasteiger partial charge < -0.3 is 15.0 Å². The molecular formula is C27H31FN4O4. The number of imide groups is 1. The summed E-state index contributed by atoms with van der Waals surface area (Å²) in [6.07, 6.45) is -7.88. The maximum atomic E-state index is 15.6. The van der Waals surface area contributed by atoms with Gasteiger partial charge in [-0.25, -0.2) is 4.39 Å². The van der Waals surface area contributed by atoms with Crippen molar-refractivity contribution in [2.24, 2.45) is 0 Å². The standard InChI is InChI=1S/C27H31FN4O4/c1-16-12-31(13-17(2)36-16)14-18-6-7-19(22(28)10-18)11-29-23-5-3-4-20-21(23)15-32(27(20)35)24-8-9-25(33)30-26(24)34/h3-7,10,16-17,24,29H,8-9,11-15H2,1-2H3,(H,30,33,34)/i8D2,9D2,11D2,14D2,15D2,24D. The third-order valence-electron chi connectivity index (χ3n) is 5.69. The second-order valence-corrected chi connectivity index (χ2v) is 8.58. The lowest BCUT2D eigenvalue weighted by atomic mass is 10.0. The molecule has 2 fully saturated rings. The molecule has 5 rings (SSSR count). The van der Waals surface area contributed by atoms with Crippen molar-refractivity contribution in [2.75, 3.05) is 18.4 Å². The van der Waals surface area contributed by atoms with Crippen molar-refractivity contribution in [3.8, 4) is 0 Å². The van der Waals surface area contributed by atoms with Gasteiger partial charge in [-0.3, -0.25) is 24.6 Å². The molecule has 2 N–H and O–H groups in total. The van der Waals surface area contributed by atoms with E-state index < -0.39 is 84.2 Å². The molecule has 2 aromatic carbocycles. The largest absolute Gasteiger partial charge is 0.381 e. The third kappa shape index (κ3) is 4.99. The summed E-state index contributed by atoms with van der Waals surface area (Å²) in [5, 5.41) is 3.85. The van der Waals surface area contributed by atoms with E-state index in [2.05, 4.69) is 5.32 Å². The van der Waals surface area contributed by atoms with Crippen LogP contribution in [0.15, 0.2) is 36.4 Å². The molecule has 3 heterocycles. The number of benzene rings is 2. The molecular weight excluding hydrogens is 463 g/mol. The summed E-state index contributed by atoms with van der Waals surface area (Å²) < 4.78 is 115. The summed E-state index contributed by atoms with van der Waals surface area (Å²) in [6.45, 7) is -4.23. The number of rotatable bonds is 6. The first-order valence-corrected chi connectivity index (χ1v) is 11.3. The van der Waals surface area contributed by atoms with Crippen LogP contribution in [-0.2, 0) is 33.8 Å². The molecule has 0 radical (unpaired) electrons. The summed E-state index contributed by atoms with van der Waals surface area (Å²) in [5.41, 5.74) is -2.31. The number of halogens is 1. The highest BCUT2D eigenvalue weighted by molar-refractivity contribution is 6.06. The number of fused-ring (bicyclic) bond motifs is 1. The van der Waals surface area contributed by atoms with E-state index in [0.717, 1.165) is 24.3 Å². The Labute approximate surface area is 225 Å². The number of hydrogen-bond acceptors (Lipinski definition) is 6. The molecule has 3 aliphatic heterocycles. The molecule has 0 bridgehead atoms. The van der Waals surface area contributed by atoms with Crippen LogP contribution in [0.3, 0.4) is 0 Å². The van der Waals surface area contributed by atoms with Crippen LogP contribution in [0.1, 0.15) is 68.7 Å². The maximum absolute atomic E-state index is 15.6. The van der Waals surface area contributed by atoms with Crippen LogP contribution in [-0.4, -0.2) is 58.8 Å². The van der Waals surface area contributed by atoms with Gasteiger partial charge >= 0.3 is 0 Å². The zero-order chi connectivity index (χ0) is 35.3. The average Bonchev–Trinajstić information content (AvgIpc) is 3.16. The van der Waals surface area contributed by atoms with Crippen molar-refractivity contribution < 1.29 is 38.6 Å². The van der Waals surface area contributed by atoms with Crippen LogP contribution in [0, 0.1) is 5.82 Å². The van der Waals surface area contributed by atoms with Gasteiger partial charge in [-0.2, -0.15) is 0 Å². The Morgan fingerprint density at radius 3 is 2.75 bits per heavy atom. The molecule has 9 heteroatoms. The minimum absolute atomic E-state index is 0.0897. The number of anilines is 1. The average molecular weight is 506 g/mol. The molecule has 0 aromatic heterocycles. The van der Waals surface area contributed by atoms with Crippen LogP contribution in [0.2, 0.25) is 0 Å². The van der Waals surface area contributed by atoms with Crippen molar-refractivity contribution in [2.45, 2.75) is 64.3 Å². The Balaban J connectivity index is 1.51. The Morgan fingerprint density at radius 2 is 2.00 bits per heavy atom. The lowest BCUT2D eigenvalue weighted by molar-refractivity contribution is -0.136. The number of carbonyl (C=O) groups excluding carboxylic acids is 3. The fourth-order valence-corrected chi connectivity index (χ4v) is 4.19. The minimum Gasteiger partial charge on any atom is -0.381 e. The Morgan fingerprint density at radius 1 is 1.22 bits per heavy atom. The van der Waals surface area contributed by atoms with Gasteiger partial charge in [-0.1, -0.05) is 18.2 Å². The summed E-state index contributed by atoms with van der Waals surface area (Å²) >= 11 is 0. The highest BCUT2D eigenvalue weighted by Crippen LogP contribution is 2.32. The van der Waals surface area contributed by atoms with Crippen LogP contribution in [0.4, 0.5) is 10.1 Å². The van der Waals surface area contributed by atoms with Crippen molar-refractivity contribution >= 4 is 23.4 Å². The lowest BCUT2D eigenvalue weighted by Crippen LogP contribution is -2.52. The van der Waals surface area contributed by atoms with E-state index in [9.17, 15) is 14.4 Å². The molecule has 0 aliphatic carbocycles. The van der Waals surface area contributed by atoms with Crippen LogP contribution in [0.25, 0.3) is 0 Å². The topological polar surface area (TPSA) is 91.0 Å². The van der Waals surface area contributed by atoms with Gasteiger partial charge in [-0.15, -0.1) is 0 Å². The third-order valence-corrected chi connectivity index (χ3v) is 5.69. The Bertz CT molecular complexity index is 1670. The molecule has 190 valence electrons. The van der Waals surface area contributed by atoms with Gasteiger partial charge in [0.05, 0.1) is 19.1 Å². The number of ether oxygens (including phenoxy) is 1. The van der Waals surface area contributed by atoms with Gasteiger partial charge in [0.1, 0.15) is 11.8 Å². The van der Waals surface area contributed by atoms with Gasteiger partial charge in [0.2, 0.25) is 11.8 Å². The summed E-state index contributed by atoms with van der Waals surface area (Å²) in [7, 11) is 0.